The normalized spacial score (nSPS) is 18.2. The Morgan fingerprint density at radius 1 is 1.13 bits per heavy atom. The maximum absolute atomic E-state index is 13.2. The van der Waals surface area contributed by atoms with Crippen LogP contribution in [0.25, 0.3) is 10.2 Å². The first-order valence-corrected chi connectivity index (χ1v) is 12.8. The highest BCUT2D eigenvalue weighted by Gasteiger charge is 2.39. The summed E-state index contributed by atoms with van der Waals surface area (Å²) >= 11 is 1.47. The van der Waals surface area contributed by atoms with E-state index in [0.717, 1.165) is 15.8 Å². The minimum absolute atomic E-state index is 0.217. The van der Waals surface area contributed by atoms with E-state index in [1.807, 2.05) is 18.4 Å². The molecule has 0 N–H and O–H groups in total. The van der Waals surface area contributed by atoms with Gasteiger partial charge in [0, 0.05) is 13.1 Å². The third kappa shape index (κ3) is 4.00. The number of fused-ring (bicyclic) bond motifs is 1. The Morgan fingerprint density at radius 2 is 1.81 bits per heavy atom. The predicted octanol–water partition coefficient (Wildman–Crippen LogP) is 3.93. The van der Waals surface area contributed by atoms with E-state index in [0.29, 0.717) is 30.7 Å². The summed E-state index contributed by atoms with van der Waals surface area (Å²) in [5, 5.41) is 0. The zero-order chi connectivity index (χ0) is 22.3. The van der Waals surface area contributed by atoms with Gasteiger partial charge in [0.05, 0.1) is 15.1 Å². The van der Waals surface area contributed by atoms with Crippen LogP contribution >= 0.6 is 11.3 Å². The second kappa shape index (κ2) is 8.33. The molecule has 1 aliphatic heterocycles. The molecule has 1 amide bonds. The fraction of sp³-hybridized carbons (Fsp3) is 0.391. The number of carbonyl (C=O) groups is 1. The van der Waals surface area contributed by atoms with Crippen LogP contribution in [0.5, 0.6) is 0 Å². The number of hydrogen-bond donors (Lipinski definition) is 0. The zero-order valence-corrected chi connectivity index (χ0v) is 19.9. The molecular formula is C23H27N3O3S2. The quantitative estimate of drug-likeness (QED) is 0.596. The summed E-state index contributed by atoms with van der Waals surface area (Å²) in [6.45, 7) is 9.09. The minimum Gasteiger partial charge on any atom is -0.317 e. The molecule has 1 unspecified atom stereocenters. The van der Waals surface area contributed by atoms with E-state index < -0.39 is 22.0 Å². The Labute approximate surface area is 186 Å². The number of aryl methyl sites for hydroxylation is 4. The van der Waals surface area contributed by atoms with Gasteiger partial charge < -0.3 is 4.57 Å². The van der Waals surface area contributed by atoms with Gasteiger partial charge in [-0.3, -0.25) is 4.79 Å². The highest BCUT2D eigenvalue weighted by Crippen LogP contribution is 2.27. The number of carbonyl (C=O) groups excluding carboxylic acids is 1. The van der Waals surface area contributed by atoms with Crippen molar-refractivity contribution in [2.75, 3.05) is 6.54 Å². The number of hydrogen-bond acceptors (Lipinski definition) is 4. The van der Waals surface area contributed by atoms with Gasteiger partial charge in [-0.25, -0.2) is 8.42 Å². The van der Waals surface area contributed by atoms with Gasteiger partial charge in [0.25, 0.3) is 5.91 Å². The van der Waals surface area contributed by atoms with Gasteiger partial charge in [0.15, 0.2) is 4.80 Å². The summed E-state index contributed by atoms with van der Waals surface area (Å²) in [4.78, 5) is 18.4. The third-order valence-electron chi connectivity index (χ3n) is 5.94. The molecule has 0 saturated carbocycles. The van der Waals surface area contributed by atoms with Crippen LogP contribution in [0.2, 0.25) is 0 Å². The molecule has 4 rings (SSSR count). The number of aromatic nitrogens is 1. The fourth-order valence-corrected chi connectivity index (χ4v) is 6.83. The topological polar surface area (TPSA) is 71.7 Å². The van der Waals surface area contributed by atoms with Crippen molar-refractivity contribution in [3.8, 4) is 0 Å². The summed E-state index contributed by atoms with van der Waals surface area (Å²) in [5.41, 5.74) is 4.43. The molecular weight excluding hydrogens is 430 g/mol. The molecule has 1 atom stereocenters. The molecule has 1 aromatic heterocycles. The van der Waals surface area contributed by atoms with Crippen molar-refractivity contribution in [1.82, 2.24) is 8.87 Å². The summed E-state index contributed by atoms with van der Waals surface area (Å²) in [6, 6.07) is 10.2. The highest BCUT2D eigenvalue weighted by molar-refractivity contribution is 7.89. The second-order valence-electron chi connectivity index (χ2n) is 8.07. The molecule has 0 radical (unpaired) electrons. The molecule has 8 heteroatoms. The summed E-state index contributed by atoms with van der Waals surface area (Å²) in [6.07, 6.45) is 1.14. The van der Waals surface area contributed by atoms with E-state index in [4.69, 9.17) is 0 Å². The molecule has 1 fully saturated rings. The standard InChI is InChI=1S/C23H27N3O3S2/c1-5-25-20-13-16(3)17(4)14-21(20)30-23(25)24-22(27)19-7-6-12-26(19)31(28,29)18-10-8-15(2)9-11-18/h8-11,13-14,19H,5-7,12H2,1-4H3. The molecule has 164 valence electrons. The maximum Gasteiger partial charge on any atom is 0.266 e. The highest BCUT2D eigenvalue weighted by atomic mass is 32.2. The van der Waals surface area contributed by atoms with Gasteiger partial charge in [-0.1, -0.05) is 29.0 Å². The summed E-state index contributed by atoms with van der Waals surface area (Å²) in [5.74, 6) is -0.393. The molecule has 2 heterocycles. The molecule has 0 bridgehead atoms. The minimum atomic E-state index is -3.74. The lowest BCUT2D eigenvalue weighted by Gasteiger charge is -2.21. The zero-order valence-electron chi connectivity index (χ0n) is 18.3. The van der Waals surface area contributed by atoms with Crippen molar-refractivity contribution in [2.24, 2.45) is 4.99 Å². The van der Waals surface area contributed by atoms with Crippen LogP contribution in [-0.2, 0) is 21.4 Å². The van der Waals surface area contributed by atoms with Crippen LogP contribution in [-0.4, -0.2) is 35.8 Å². The molecule has 1 saturated heterocycles. The van der Waals surface area contributed by atoms with Crippen LogP contribution in [0.15, 0.2) is 46.3 Å². The predicted molar refractivity (Wildman–Crippen MR) is 124 cm³/mol. The van der Waals surface area contributed by atoms with Gasteiger partial charge in [-0.05, 0) is 75.9 Å². The number of nitrogens with zero attached hydrogens (tertiary/aromatic N) is 3. The molecule has 0 aliphatic carbocycles. The first kappa shape index (κ1) is 21.9. The monoisotopic (exact) mass is 457 g/mol. The Kier molecular flexibility index (Phi) is 5.89. The SMILES string of the molecule is CCn1c(=NC(=O)C2CCCN2S(=O)(=O)c2ccc(C)cc2)sc2cc(C)c(C)cc21. The van der Waals surface area contributed by atoms with Gasteiger partial charge in [-0.15, -0.1) is 0 Å². The van der Waals surface area contributed by atoms with Crippen LogP contribution < -0.4 is 4.80 Å². The van der Waals surface area contributed by atoms with E-state index in [-0.39, 0.29) is 4.90 Å². The number of sulfonamides is 1. The van der Waals surface area contributed by atoms with Crippen LogP contribution in [0.3, 0.4) is 0 Å². The lowest BCUT2D eigenvalue weighted by Crippen LogP contribution is -2.40. The maximum atomic E-state index is 13.2. The number of amides is 1. The van der Waals surface area contributed by atoms with Gasteiger partial charge >= 0.3 is 0 Å². The van der Waals surface area contributed by atoms with Crippen molar-refractivity contribution in [2.45, 2.75) is 58.0 Å². The largest absolute Gasteiger partial charge is 0.317 e. The Hall–Kier alpha value is -2.29. The molecule has 6 nitrogen and oxygen atoms in total. The average Bonchev–Trinajstić information content (AvgIpc) is 3.34. The third-order valence-corrected chi connectivity index (χ3v) is 8.90. The number of thiazole rings is 1. The first-order chi connectivity index (χ1) is 14.7. The Bertz CT molecular complexity index is 1320. The lowest BCUT2D eigenvalue weighted by atomic mass is 10.1. The lowest BCUT2D eigenvalue weighted by molar-refractivity contribution is -0.121. The summed E-state index contributed by atoms with van der Waals surface area (Å²) in [7, 11) is -3.74. The van der Waals surface area contributed by atoms with Gasteiger partial charge in [0.1, 0.15) is 6.04 Å². The van der Waals surface area contributed by atoms with Crippen molar-refractivity contribution >= 4 is 37.5 Å². The number of benzene rings is 2. The van der Waals surface area contributed by atoms with Crippen molar-refractivity contribution in [3.63, 3.8) is 0 Å². The smallest absolute Gasteiger partial charge is 0.266 e. The van der Waals surface area contributed by atoms with Crippen LogP contribution in [0, 0.1) is 20.8 Å². The van der Waals surface area contributed by atoms with Crippen molar-refractivity contribution in [1.29, 1.82) is 0 Å². The molecule has 1 aliphatic rings. The Morgan fingerprint density at radius 3 is 2.48 bits per heavy atom. The van der Waals surface area contributed by atoms with Gasteiger partial charge in [-0.2, -0.15) is 9.30 Å². The van der Waals surface area contributed by atoms with Crippen molar-refractivity contribution < 1.29 is 13.2 Å². The number of rotatable bonds is 4. The van der Waals surface area contributed by atoms with Crippen LogP contribution in [0.4, 0.5) is 0 Å². The first-order valence-electron chi connectivity index (χ1n) is 10.5. The molecule has 0 spiro atoms. The van der Waals surface area contributed by atoms with E-state index >= 15 is 0 Å². The van der Waals surface area contributed by atoms with E-state index in [9.17, 15) is 13.2 Å². The van der Waals surface area contributed by atoms with Crippen LogP contribution in [0.1, 0.15) is 36.5 Å². The molecule has 3 aromatic rings. The van der Waals surface area contributed by atoms with E-state index in [1.165, 1.54) is 26.8 Å². The average molecular weight is 458 g/mol. The van der Waals surface area contributed by atoms with E-state index in [2.05, 4.69) is 31.0 Å². The fourth-order valence-electron chi connectivity index (χ4n) is 4.00. The van der Waals surface area contributed by atoms with E-state index in [1.54, 1.807) is 24.3 Å². The molecule has 31 heavy (non-hydrogen) atoms. The van der Waals surface area contributed by atoms with Gasteiger partial charge in [0.2, 0.25) is 10.0 Å². The Balaban J connectivity index is 1.72. The molecule has 2 aromatic carbocycles. The summed E-state index contributed by atoms with van der Waals surface area (Å²) < 4.78 is 30.8. The second-order valence-corrected chi connectivity index (χ2v) is 11.0. The van der Waals surface area contributed by atoms with Crippen molar-refractivity contribution in [3.05, 3.63) is 57.9 Å².